The molecule has 1 heterocycles. The maximum absolute atomic E-state index is 12.3. The standard InChI is InChI=1S/C19H31N3O3/c1-13-18(14(2)22(4)21-13)20-19(24)15(3)25-17(23)12-8-11-16-9-6-5-7-10-16/h15-16H,5-12H2,1-4H3,(H,20,24). The molecule has 1 saturated carbocycles. The topological polar surface area (TPSA) is 73.2 Å². The zero-order valence-electron chi connectivity index (χ0n) is 15.9. The molecule has 1 aromatic rings. The molecule has 0 bridgehead atoms. The number of carbonyl (C=O) groups is 2. The predicted molar refractivity (Wildman–Crippen MR) is 97.3 cm³/mol. The molecular weight excluding hydrogens is 318 g/mol. The number of hydrogen-bond donors (Lipinski definition) is 1. The number of aromatic nitrogens is 2. The Morgan fingerprint density at radius 3 is 2.56 bits per heavy atom. The van der Waals surface area contributed by atoms with E-state index in [1.165, 1.54) is 32.1 Å². The second-order valence-electron chi connectivity index (χ2n) is 7.19. The lowest BCUT2D eigenvalue weighted by atomic mass is 9.86. The molecule has 1 atom stereocenters. The van der Waals surface area contributed by atoms with Gasteiger partial charge in [-0.15, -0.1) is 0 Å². The Bertz CT molecular complexity index is 603. The summed E-state index contributed by atoms with van der Waals surface area (Å²) in [5.74, 6) is 0.150. The molecule has 6 heteroatoms. The van der Waals surface area contributed by atoms with E-state index in [9.17, 15) is 9.59 Å². The van der Waals surface area contributed by atoms with Crippen molar-refractivity contribution in [3.8, 4) is 0 Å². The highest BCUT2D eigenvalue weighted by atomic mass is 16.5. The third-order valence-corrected chi connectivity index (χ3v) is 5.15. The van der Waals surface area contributed by atoms with Gasteiger partial charge < -0.3 is 10.1 Å². The van der Waals surface area contributed by atoms with Crippen molar-refractivity contribution in [1.29, 1.82) is 0 Å². The van der Waals surface area contributed by atoms with Crippen molar-refractivity contribution in [2.45, 2.75) is 78.2 Å². The Balaban J connectivity index is 1.73. The Morgan fingerprint density at radius 2 is 1.96 bits per heavy atom. The quantitative estimate of drug-likeness (QED) is 0.763. The van der Waals surface area contributed by atoms with E-state index in [0.29, 0.717) is 12.1 Å². The van der Waals surface area contributed by atoms with Crippen molar-refractivity contribution in [2.75, 3.05) is 5.32 Å². The molecule has 140 valence electrons. The molecule has 1 amide bonds. The molecule has 6 nitrogen and oxygen atoms in total. The van der Waals surface area contributed by atoms with Crippen LogP contribution in [0.25, 0.3) is 0 Å². The van der Waals surface area contributed by atoms with Gasteiger partial charge in [0.25, 0.3) is 5.91 Å². The first kappa shape index (κ1) is 19.5. The van der Waals surface area contributed by atoms with Crippen LogP contribution >= 0.6 is 0 Å². The van der Waals surface area contributed by atoms with Gasteiger partial charge in [0, 0.05) is 13.5 Å². The molecule has 1 aliphatic carbocycles. The van der Waals surface area contributed by atoms with Gasteiger partial charge in [0.2, 0.25) is 0 Å². The average molecular weight is 349 g/mol. The van der Waals surface area contributed by atoms with Crippen LogP contribution in [-0.4, -0.2) is 27.8 Å². The zero-order valence-corrected chi connectivity index (χ0v) is 15.9. The highest BCUT2D eigenvalue weighted by Gasteiger charge is 2.21. The summed E-state index contributed by atoms with van der Waals surface area (Å²) in [7, 11) is 1.83. The van der Waals surface area contributed by atoms with Gasteiger partial charge in [-0.05, 0) is 39.5 Å². The van der Waals surface area contributed by atoms with Crippen LogP contribution in [0.5, 0.6) is 0 Å². The predicted octanol–water partition coefficient (Wildman–Crippen LogP) is 3.66. The summed E-state index contributed by atoms with van der Waals surface area (Å²) in [6.07, 6.45) is 8.08. The van der Waals surface area contributed by atoms with Crippen molar-refractivity contribution in [3.05, 3.63) is 11.4 Å². The summed E-state index contributed by atoms with van der Waals surface area (Å²) in [6, 6.07) is 0. The summed E-state index contributed by atoms with van der Waals surface area (Å²) < 4.78 is 7.00. The van der Waals surface area contributed by atoms with E-state index in [1.54, 1.807) is 11.6 Å². The molecule has 0 aliphatic heterocycles. The zero-order chi connectivity index (χ0) is 18.4. The molecule has 1 aliphatic rings. The van der Waals surface area contributed by atoms with Gasteiger partial charge in [-0.2, -0.15) is 5.10 Å². The number of carbonyl (C=O) groups excluding carboxylic acids is 2. The first-order chi connectivity index (χ1) is 11.9. The van der Waals surface area contributed by atoms with Gasteiger partial charge in [-0.3, -0.25) is 14.3 Å². The lowest BCUT2D eigenvalue weighted by Crippen LogP contribution is -2.30. The highest BCUT2D eigenvalue weighted by molar-refractivity contribution is 5.96. The molecular formula is C19H31N3O3. The summed E-state index contributed by atoms with van der Waals surface area (Å²) in [5, 5.41) is 7.08. The fourth-order valence-corrected chi connectivity index (χ4v) is 3.50. The van der Waals surface area contributed by atoms with E-state index >= 15 is 0 Å². The van der Waals surface area contributed by atoms with Crippen LogP contribution in [0, 0.1) is 19.8 Å². The lowest BCUT2D eigenvalue weighted by Gasteiger charge is -2.21. The third kappa shape index (κ3) is 5.58. The summed E-state index contributed by atoms with van der Waals surface area (Å²) in [4.78, 5) is 24.2. The number of amides is 1. The van der Waals surface area contributed by atoms with Crippen molar-refractivity contribution in [3.63, 3.8) is 0 Å². The van der Waals surface area contributed by atoms with Gasteiger partial charge in [0.05, 0.1) is 17.1 Å². The van der Waals surface area contributed by atoms with Crippen molar-refractivity contribution in [1.82, 2.24) is 9.78 Å². The molecule has 1 fully saturated rings. The molecule has 25 heavy (non-hydrogen) atoms. The normalized spacial score (nSPS) is 16.5. The molecule has 1 N–H and O–H groups in total. The summed E-state index contributed by atoms with van der Waals surface area (Å²) in [5.41, 5.74) is 2.31. The number of anilines is 1. The van der Waals surface area contributed by atoms with Crippen molar-refractivity contribution >= 4 is 17.6 Å². The Hall–Kier alpha value is -1.85. The van der Waals surface area contributed by atoms with Crippen LogP contribution in [0.3, 0.4) is 0 Å². The number of ether oxygens (including phenoxy) is 1. The van der Waals surface area contributed by atoms with E-state index in [2.05, 4.69) is 10.4 Å². The average Bonchev–Trinajstić information content (AvgIpc) is 2.82. The largest absolute Gasteiger partial charge is 0.453 e. The maximum atomic E-state index is 12.3. The van der Waals surface area contributed by atoms with Gasteiger partial charge >= 0.3 is 5.97 Å². The number of esters is 1. The van der Waals surface area contributed by atoms with E-state index in [1.807, 2.05) is 20.9 Å². The van der Waals surface area contributed by atoms with Crippen molar-refractivity contribution < 1.29 is 14.3 Å². The first-order valence-corrected chi connectivity index (χ1v) is 9.39. The number of nitrogens with one attached hydrogen (secondary N) is 1. The first-order valence-electron chi connectivity index (χ1n) is 9.39. The number of rotatable bonds is 7. The summed E-state index contributed by atoms with van der Waals surface area (Å²) in [6.45, 7) is 5.33. The Labute approximate surface area is 150 Å². The molecule has 2 rings (SSSR count). The van der Waals surface area contributed by atoms with Crippen LogP contribution in [0.2, 0.25) is 0 Å². The molecule has 1 unspecified atom stereocenters. The smallest absolute Gasteiger partial charge is 0.306 e. The van der Waals surface area contributed by atoms with Crippen molar-refractivity contribution in [2.24, 2.45) is 13.0 Å². The second-order valence-corrected chi connectivity index (χ2v) is 7.19. The van der Waals surface area contributed by atoms with Gasteiger partial charge in [-0.25, -0.2) is 0 Å². The number of aryl methyl sites for hydroxylation is 2. The van der Waals surface area contributed by atoms with Crippen LogP contribution < -0.4 is 5.32 Å². The van der Waals surface area contributed by atoms with Crippen LogP contribution in [0.1, 0.15) is 69.7 Å². The molecule has 0 radical (unpaired) electrons. The van der Waals surface area contributed by atoms with Crippen LogP contribution in [0.4, 0.5) is 5.69 Å². The highest BCUT2D eigenvalue weighted by Crippen LogP contribution is 2.27. The number of nitrogens with zero attached hydrogens (tertiary/aromatic N) is 2. The molecule has 0 aromatic carbocycles. The van der Waals surface area contributed by atoms with E-state index in [4.69, 9.17) is 4.74 Å². The molecule has 1 aromatic heterocycles. The minimum absolute atomic E-state index is 0.293. The van der Waals surface area contributed by atoms with Gasteiger partial charge in [0.15, 0.2) is 6.10 Å². The maximum Gasteiger partial charge on any atom is 0.306 e. The summed E-state index contributed by atoms with van der Waals surface area (Å²) >= 11 is 0. The van der Waals surface area contributed by atoms with Crippen LogP contribution in [0.15, 0.2) is 0 Å². The fourth-order valence-electron chi connectivity index (χ4n) is 3.50. The van der Waals surface area contributed by atoms with Gasteiger partial charge in [-0.1, -0.05) is 32.1 Å². The fraction of sp³-hybridized carbons (Fsp3) is 0.737. The SMILES string of the molecule is Cc1nn(C)c(C)c1NC(=O)C(C)OC(=O)CCCC1CCCCC1. The molecule has 0 spiro atoms. The third-order valence-electron chi connectivity index (χ3n) is 5.15. The monoisotopic (exact) mass is 349 g/mol. The second kappa shape index (κ2) is 9.02. The lowest BCUT2D eigenvalue weighted by molar-refractivity contribution is -0.153. The minimum Gasteiger partial charge on any atom is -0.453 e. The Morgan fingerprint density at radius 1 is 1.28 bits per heavy atom. The van der Waals surface area contributed by atoms with Gasteiger partial charge in [0.1, 0.15) is 0 Å². The van der Waals surface area contributed by atoms with E-state index in [-0.39, 0.29) is 11.9 Å². The minimum atomic E-state index is -0.804. The van der Waals surface area contributed by atoms with E-state index < -0.39 is 6.10 Å². The van der Waals surface area contributed by atoms with E-state index in [0.717, 1.165) is 30.1 Å². The van der Waals surface area contributed by atoms with Crippen LogP contribution in [-0.2, 0) is 21.4 Å². The molecule has 0 saturated heterocycles. The Kier molecular flexibility index (Phi) is 7.02. The number of hydrogen-bond acceptors (Lipinski definition) is 4.